The third-order valence-electron chi connectivity index (χ3n) is 5.65. The number of carbonyl (C=O) groups is 2. The number of hydrogen-bond donors (Lipinski definition) is 0. The summed E-state index contributed by atoms with van der Waals surface area (Å²) in [5.74, 6) is 0.477. The number of fused-ring (bicyclic) bond motifs is 1. The number of ketones is 2. The lowest BCUT2D eigenvalue weighted by molar-refractivity contribution is 0.0822. The van der Waals surface area contributed by atoms with Crippen LogP contribution in [0.1, 0.15) is 40.0 Å². The third kappa shape index (κ3) is 4.18. The SMILES string of the molecule is O=C(CCN1CCC(C(=O)c2ccncc2)CC1)c1ccc2ccccc2c1. The van der Waals surface area contributed by atoms with Gasteiger partial charge in [-0.15, -0.1) is 0 Å². The summed E-state index contributed by atoms with van der Waals surface area (Å²) in [6.07, 6.45) is 5.56. The summed E-state index contributed by atoms with van der Waals surface area (Å²) in [7, 11) is 0. The van der Waals surface area contributed by atoms with Gasteiger partial charge in [-0.2, -0.15) is 0 Å². The molecular weight excluding hydrogens is 348 g/mol. The van der Waals surface area contributed by atoms with Gasteiger partial charge in [-0.05, 0) is 54.9 Å². The van der Waals surface area contributed by atoms with Gasteiger partial charge in [-0.25, -0.2) is 0 Å². The first-order chi connectivity index (χ1) is 13.7. The topological polar surface area (TPSA) is 50.3 Å². The largest absolute Gasteiger partial charge is 0.303 e. The van der Waals surface area contributed by atoms with Gasteiger partial charge in [-0.3, -0.25) is 14.6 Å². The number of Topliss-reactive ketones (excluding diaryl/α,β-unsaturated/α-hetero) is 2. The van der Waals surface area contributed by atoms with Crippen LogP contribution in [0.15, 0.2) is 67.0 Å². The Morgan fingerprint density at radius 3 is 2.36 bits per heavy atom. The maximum absolute atomic E-state index is 12.6. The number of aromatic nitrogens is 1. The van der Waals surface area contributed by atoms with Gasteiger partial charge >= 0.3 is 0 Å². The Kier molecular flexibility index (Phi) is 5.58. The summed E-state index contributed by atoms with van der Waals surface area (Å²) >= 11 is 0. The zero-order chi connectivity index (χ0) is 19.3. The summed E-state index contributed by atoms with van der Waals surface area (Å²) in [6.45, 7) is 2.49. The number of benzene rings is 2. The van der Waals surface area contributed by atoms with Gasteiger partial charge < -0.3 is 4.90 Å². The smallest absolute Gasteiger partial charge is 0.166 e. The normalized spacial score (nSPS) is 15.6. The molecule has 1 fully saturated rings. The standard InChI is InChI=1S/C24H24N2O2/c27-23(22-6-5-18-3-1-2-4-21(18)17-22)11-16-26-14-9-20(10-15-26)24(28)19-7-12-25-13-8-19/h1-8,12-13,17,20H,9-11,14-16H2. The molecule has 0 N–H and O–H groups in total. The summed E-state index contributed by atoms with van der Waals surface area (Å²) < 4.78 is 0. The molecule has 0 bridgehead atoms. The van der Waals surface area contributed by atoms with Crippen molar-refractivity contribution in [3.05, 3.63) is 78.1 Å². The molecule has 0 amide bonds. The minimum Gasteiger partial charge on any atom is -0.303 e. The number of likely N-dealkylation sites (tertiary alicyclic amines) is 1. The average molecular weight is 372 g/mol. The minimum atomic E-state index is 0.0786. The summed E-state index contributed by atoms with van der Waals surface area (Å²) in [6, 6.07) is 17.6. The molecule has 2 heterocycles. The molecule has 0 unspecified atom stereocenters. The van der Waals surface area contributed by atoms with Gasteiger partial charge in [0.1, 0.15) is 0 Å². The predicted octanol–water partition coefficient (Wildman–Crippen LogP) is 4.40. The van der Waals surface area contributed by atoms with Gasteiger partial charge in [0.2, 0.25) is 0 Å². The van der Waals surface area contributed by atoms with E-state index < -0.39 is 0 Å². The van der Waals surface area contributed by atoms with E-state index in [2.05, 4.69) is 16.0 Å². The van der Waals surface area contributed by atoms with Crippen molar-refractivity contribution in [3.63, 3.8) is 0 Å². The highest BCUT2D eigenvalue weighted by Gasteiger charge is 2.25. The molecule has 0 atom stereocenters. The van der Waals surface area contributed by atoms with E-state index >= 15 is 0 Å². The first-order valence-electron chi connectivity index (χ1n) is 9.89. The van der Waals surface area contributed by atoms with Crippen molar-refractivity contribution >= 4 is 22.3 Å². The Labute approximate surface area is 165 Å². The van der Waals surface area contributed by atoms with Gasteiger partial charge in [-0.1, -0.05) is 36.4 Å². The number of rotatable bonds is 6. The van der Waals surface area contributed by atoms with E-state index in [1.54, 1.807) is 24.5 Å². The summed E-state index contributed by atoms with van der Waals surface area (Å²) in [5, 5.41) is 2.25. The van der Waals surface area contributed by atoms with Crippen molar-refractivity contribution in [2.75, 3.05) is 19.6 Å². The van der Waals surface area contributed by atoms with Crippen LogP contribution < -0.4 is 0 Å². The molecule has 0 saturated carbocycles. The summed E-state index contributed by atoms with van der Waals surface area (Å²) in [5.41, 5.74) is 1.53. The minimum absolute atomic E-state index is 0.0786. The van der Waals surface area contributed by atoms with Crippen LogP contribution in [0.25, 0.3) is 10.8 Å². The fourth-order valence-electron chi connectivity index (χ4n) is 3.94. The fraction of sp³-hybridized carbons (Fsp3) is 0.292. The van der Waals surface area contributed by atoms with E-state index in [4.69, 9.17) is 0 Å². The lowest BCUT2D eigenvalue weighted by atomic mass is 9.89. The van der Waals surface area contributed by atoms with Crippen molar-refractivity contribution < 1.29 is 9.59 Å². The molecule has 0 radical (unpaired) electrons. The highest BCUT2D eigenvalue weighted by Crippen LogP contribution is 2.22. The zero-order valence-electron chi connectivity index (χ0n) is 15.9. The molecule has 1 aliphatic heterocycles. The quantitative estimate of drug-likeness (QED) is 0.602. The van der Waals surface area contributed by atoms with Gasteiger partial charge in [0.05, 0.1) is 0 Å². The van der Waals surface area contributed by atoms with Crippen molar-refractivity contribution in [1.82, 2.24) is 9.88 Å². The van der Waals surface area contributed by atoms with Crippen molar-refractivity contribution in [3.8, 4) is 0 Å². The van der Waals surface area contributed by atoms with Crippen LogP contribution in [0.3, 0.4) is 0 Å². The molecule has 0 spiro atoms. The second-order valence-corrected chi connectivity index (χ2v) is 7.45. The second-order valence-electron chi connectivity index (χ2n) is 7.45. The second kappa shape index (κ2) is 8.44. The Morgan fingerprint density at radius 2 is 1.61 bits per heavy atom. The molecule has 3 aromatic rings. The van der Waals surface area contributed by atoms with E-state index in [9.17, 15) is 9.59 Å². The fourth-order valence-corrected chi connectivity index (χ4v) is 3.94. The van der Waals surface area contributed by atoms with Crippen molar-refractivity contribution in [2.45, 2.75) is 19.3 Å². The number of piperidine rings is 1. The molecule has 28 heavy (non-hydrogen) atoms. The van der Waals surface area contributed by atoms with Crippen LogP contribution in [0.5, 0.6) is 0 Å². The molecule has 2 aromatic carbocycles. The van der Waals surface area contributed by atoms with Crippen LogP contribution in [0.2, 0.25) is 0 Å². The van der Waals surface area contributed by atoms with Crippen LogP contribution in [-0.2, 0) is 0 Å². The third-order valence-corrected chi connectivity index (χ3v) is 5.65. The van der Waals surface area contributed by atoms with Crippen LogP contribution in [-0.4, -0.2) is 41.1 Å². The Hall–Kier alpha value is -2.85. The molecule has 1 saturated heterocycles. The first-order valence-corrected chi connectivity index (χ1v) is 9.89. The van der Waals surface area contributed by atoms with Gasteiger partial charge in [0, 0.05) is 42.4 Å². The Bertz CT molecular complexity index is 976. The van der Waals surface area contributed by atoms with E-state index in [-0.39, 0.29) is 17.5 Å². The molecule has 4 heteroatoms. The van der Waals surface area contributed by atoms with E-state index in [0.717, 1.165) is 54.4 Å². The van der Waals surface area contributed by atoms with E-state index in [1.165, 1.54) is 0 Å². The maximum atomic E-state index is 12.6. The maximum Gasteiger partial charge on any atom is 0.166 e. The zero-order valence-corrected chi connectivity index (χ0v) is 15.9. The first kappa shape index (κ1) is 18.5. The monoisotopic (exact) mass is 372 g/mol. The van der Waals surface area contributed by atoms with Crippen LogP contribution >= 0.6 is 0 Å². The predicted molar refractivity (Wildman–Crippen MR) is 111 cm³/mol. The van der Waals surface area contributed by atoms with E-state index in [0.29, 0.717) is 6.42 Å². The summed E-state index contributed by atoms with van der Waals surface area (Å²) in [4.78, 5) is 31.4. The van der Waals surface area contributed by atoms with E-state index in [1.807, 2.05) is 36.4 Å². The van der Waals surface area contributed by atoms with Crippen molar-refractivity contribution in [2.24, 2.45) is 5.92 Å². The molecule has 0 aliphatic carbocycles. The number of carbonyl (C=O) groups excluding carboxylic acids is 2. The number of nitrogens with zero attached hydrogens (tertiary/aromatic N) is 2. The molecule has 1 aliphatic rings. The number of pyridine rings is 1. The molecular formula is C24H24N2O2. The highest BCUT2D eigenvalue weighted by atomic mass is 16.1. The van der Waals surface area contributed by atoms with Gasteiger partial charge in [0.15, 0.2) is 11.6 Å². The highest BCUT2D eigenvalue weighted by molar-refractivity contribution is 6.00. The van der Waals surface area contributed by atoms with Crippen LogP contribution in [0, 0.1) is 5.92 Å². The lowest BCUT2D eigenvalue weighted by Gasteiger charge is -2.31. The number of hydrogen-bond acceptors (Lipinski definition) is 4. The van der Waals surface area contributed by atoms with Gasteiger partial charge in [0.25, 0.3) is 0 Å². The molecule has 142 valence electrons. The molecule has 4 nitrogen and oxygen atoms in total. The molecule has 1 aromatic heterocycles. The van der Waals surface area contributed by atoms with Crippen LogP contribution in [0.4, 0.5) is 0 Å². The lowest BCUT2D eigenvalue weighted by Crippen LogP contribution is -2.37. The Morgan fingerprint density at radius 1 is 0.893 bits per heavy atom. The van der Waals surface area contributed by atoms with Crippen molar-refractivity contribution in [1.29, 1.82) is 0 Å². The molecule has 4 rings (SSSR count). The Balaban J connectivity index is 1.29. The average Bonchev–Trinajstić information content (AvgIpc) is 2.77.